The number of carbonyl (C=O) groups excluding carboxylic acids is 1. The zero-order chi connectivity index (χ0) is 15.5. The number of benzene rings is 1. The maximum Gasteiger partial charge on any atom is 0.283 e. The van der Waals surface area contributed by atoms with Gasteiger partial charge in [-0.15, -0.1) is 0 Å². The molecule has 114 valence electrons. The van der Waals surface area contributed by atoms with Crippen LogP contribution in [0.1, 0.15) is 26.2 Å². The number of nitrogens with zero attached hydrogens (tertiary/aromatic N) is 1. The van der Waals surface area contributed by atoms with Crippen molar-refractivity contribution < 1.29 is 9.72 Å². The second kappa shape index (κ2) is 6.53. The fraction of sp³-hybridized carbons (Fsp3) is 0.500. The second-order valence-electron chi connectivity index (χ2n) is 5.33. The molecule has 0 spiro atoms. The molecule has 7 heteroatoms. The van der Waals surface area contributed by atoms with Crippen LogP contribution in [0.25, 0.3) is 0 Å². The van der Waals surface area contributed by atoms with Gasteiger partial charge in [0, 0.05) is 18.3 Å². The molecule has 0 aromatic heterocycles. The highest BCUT2D eigenvalue weighted by molar-refractivity contribution is 9.10. The molecule has 1 saturated heterocycles. The molecule has 2 N–H and O–H groups in total. The first kappa shape index (κ1) is 15.9. The number of halogens is 1. The Bertz CT molecular complexity index is 556. The number of hydrogen-bond acceptors (Lipinski definition) is 4. The van der Waals surface area contributed by atoms with Crippen molar-refractivity contribution in [2.75, 3.05) is 18.4 Å². The lowest BCUT2D eigenvalue weighted by atomic mass is 9.81. The minimum atomic E-state index is -0.463. The van der Waals surface area contributed by atoms with Gasteiger partial charge in [-0.25, -0.2) is 0 Å². The largest absolute Gasteiger partial charge is 0.326 e. The van der Waals surface area contributed by atoms with Crippen LogP contribution in [0, 0.1) is 15.5 Å². The predicted molar refractivity (Wildman–Crippen MR) is 84.3 cm³/mol. The Labute approximate surface area is 131 Å². The van der Waals surface area contributed by atoms with Gasteiger partial charge in [0.15, 0.2) is 0 Å². The first-order chi connectivity index (χ1) is 9.98. The number of nitro groups is 1. The molecule has 0 aliphatic carbocycles. The summed E-state index contributed by atoms with van der Waals surface area (Å²) in [6.45, 7) is 3.59. The van der Waals surface area contributed by atoms with Crippen molar-refractivity contribution in [1.82, 2.24) is 5.32 Å². The maximum atomic E-state index is 12.6. The number of hydrogen-bond donors (Lipinski definition) is 2. The van der Waals surface area contributed by atoms with Crippen molar-refractivity contribution in [3.05, 3.63) is 32.8 Å². The summed E-state index contributed by atoms with van der Waals surface area (Å²) in [4.78, 5) is 22.9. The molecule has 1 fully saturated rings. The van der Waals surface area contributed by atoms with E-state index in [-0.39, 0.29) is 17.0 Å². The van der Waals surface area contributed by atoms with Gasteiger partial charge >= 0.3 is 0 Å². The van der Waals surface area contributed by atoms with Crippen LogP contribution in [0.2, 0.25) is 0 Å². The first-order valence-electron chi connectivity index (χ1n) is 6.94. The lowest BCUT2D eigenvalue weighted by Crippen LogP contribution is -2.38. The van der Waals surface area contributed by atoms with E-state index in [0.717, 1.165) is 25.8 Å². The molecule has 1 aliphatic heterocycles. The van der Waals surface area contributed by atoms with E-state index < -0.39 is 4.92 Å². The van der Waals surface area contributed by atoms with Crippen LogP contribution < -0.4 is 10.6 Å². The van der Waals surface area contributed by atoms with E-state index in [0.29, 0.717) is 16.7 Å². The summed E-state index contributed by atoms with van der Waals surface area (Å²) in [6.07, 6.45) is 2.60. The molecular weight excluding hydrogens is 338 g/mol. The molecule has 1 unspecified atom stereocenters. The number of nitrogens with one attached hydrogen (secondary N) is 2. The van der Waals surface area contributed by atoms with Crippen LogP contribution in [-0.2, 0) is 4.79 Å². The lowest BCUT2D eigenvalue weighted by Gasteiger charge is -2.26. The molecule has 1 aromatic rings. The number of anilines is 1. The summed E-state index contributed by atoms with van der Waals surface area (Å²) in [6, 6.07) is 4.51. The molecular formula is C14H18BrN3O3. The minimum Gasteiger partial charge on any atom is -0.326 e. The van der Waals surface area contributed by atoms with E-state index in [2.05, 4.69) is 33.5 Å². The number of nitro benzene ring substituents is 1. The Morgan fingerprint density at radius 2 is 2.33 bits per heavy atom. The van der Waals surface area contributed by atoms with E-state index in [4.69, 9.17) is 0 Å². The summed E-state index contributed by atoms with van der Waals surface area (Å²) in [5.41, 5.74) is 0.182. The number of amides is 1. The Morgan fingerprint density at radius 3 is 2.86 bits per heavy atom. The minimum absolute atomic E-state index is 0.0150. The fourth-order valence-corrected chi connectivity index (χ4v) is 3.26. The topological polar surface area (TPSA) is 84.3 Å². The van der Waals surface area contributed by atoms with Crippen LogP contribution in [0.15, 0.2) is 22.7 Å². The van der Waals surface area contributed by atoms with Crippen molar-refractivity contribution in [3.63, 3.8) is 0 Å². The molecule has 0 saturated carbocycles. The van der Waals surface area contributed by atoms with Gasteiger partial charge in [-0.05, 0) is 47.4 Å². The molecule has 1 amide bonds. The monoisotopic (exact) mass is 355 g/mol. The van der Waals surface area contributed by atoms with E-state index in [1.54, 1.807) is 12.1 Å². The number of rotatable bonds is 5. The zero-order valence-corrected chi connectivity index (χ0v) is 13.4. The van der Waals surface area contributed by atoms with Crippen LogP contribution in [0.3, 0.4) is 0 Å². The Kier molecular flexibility index (Phi) is 4.95. The maximum absolute atomic E-state index is 12.6. The SMILES string of the molecule is CCCC1(C(=O)Nc2ccc([N+](=O)[O-])c(Br)c2)CCNC1. The predicted octanol–water partition coefficient (Wildman–Crippen LogP) is 3.08. The lowest BCUT2D eigenvalue weighted by molar-refractivity contribution is -0.385. The van der Waals surface area contributed by atoms with Crippen molar-refractivity contribution >= 4 is 33.2 Å². The summed E-state index contributed by atoms with van der Waals surface area (Å²) in [7, 11) is 0. The molecule has 1 heterocycles. The van der Waals surface area contributed by atoms with Crippen LogP contribution in [-0.4, -0.2) is 23.9 Å². The summed E-state index contributed by atoms with van der Waals surface area (Å²) < 4.78 is 0.361. The molecule has 2 rings (SSSR count). The van der Waals surface area contributed by atoms with Gasteiger partial charge in [0.25, 0.3) is 5.69 Å². The highest BCUT2D eigenvalue weighted by Crippen LogP contribution is 2.34. The molecule has 0 bridgehead atoms. The quantitative estimate of drug-likeness (QED) is 0.627. The van der Waals surface area contributed by atoms with Crippen LogP contribution >= 0.6 is 15.9 Å². The fourth-order valence-electron chi connectivity index (χ4n) is 2.74. The summed E-state index contributed by atoms with van der Waals surface area (Å²) in [5, 5.41) is 16.9. The van der Waals surface area contributed by atoms with E-state index in [1.807, 2.05) is 0 Å². The molecule has 0 radical (unpaired) electrons. The van der Waals surface area contributed by atoms with E-state index in [1.165, 1.54) is 6.07 Å². The second-order valence-corrected chi connectivity index (χ2v) is 6.19. The van der Waals surface area contributed by atoms with Gasteiger partial charge in [0.05, 0.1) is 14.8 Å². The van der Waals surface area contributed by atoms with Gasteiger partial charge in [-0.3, -0.25) is 14.9 Å². The van der Waals surface area contributed by atoms with Gasteiger partial charge in [-0.2, -0.15) is 0 Å². The molecule has 1 aromatic carbocycles. The standard InChI is InChI=1S/C14H18BrN3O3/c1-2-5-14(6-7-16-9-14)13(19)17-10-3-4-12(18(20)21)11(15)8-10/h3-4,8,16H,2,5-7,9H2,1H3,(H,17,19). The van der Waals surface area contributed by atoms with Gasteiger partial charge < -0.3 is 10.6 Å². The molecule has 21 heavy (non-hydrogen) atoms. The van der Waals surface area contributed by atoms with Crippen molar-refractivity contribution in [2.45, 2.75) is 26.2 Å². The van der Waals surface area contributed by atoms with Crippen LogP contribution in [0.4, 0.5) is 11.4 Å². The smallest absolute Gasteiger partial charge is 0.283 e. The van der Waals surface area contributed by atoms with Crippen molar-refractivity contribution in [3.8, 4) is 0 Å². The van der Waals surface area contributed by atoms with Crippen molar-refractivity contribution in [1.29, 1.82) is 0 Å². The first-order valence-corrected chi connectivity index (χ1v) is 7.74. The Hall–Kier alpha value is -1.47. The third kappa shape index (κ3) is 3.41. The average Bonchev–Trinajstić information content (AvgIpc) is 2.88. The third-order valence-electron chi connectivity index (χ3n) is 3.86. The zero-order valence-electron chi connectivity index (χ0n) is 11.8. The van der Waals surface area contributed by atoms with Crippen LogP contribution in [0.5, 0.6) is 0 Å². The Morgan fingerprint density at radius 1 is 1.57 bits per heavy atom. The molecule has 6 nitrogen and oxygen atoms in total. The van der Waals surface area contributed by atoms with Crippen molar-refractivity contribution in [2.24, 2.45) is 5.41 Å². The van der Waals surface area contributed by atoms with E-state index >= 15 is 0 Å². The average molecular weight is 356 g/mol. The van der Waals surface area contributed by atoms with Gasteiger partial charge in [0.2, 0.25) is 5.91 Å². The number of carbonyl (C=O) groups is 1. The van der Waals surface area contributed by atoms with Gasteiger partial charge in [-0.1, -0.05) is 13.3 Å². The van der Waals surface area contributed by atoms with E-state index in [9.17, 15) is 14.9 Å². The molecule has 1 atom stereocenters. The Balaban J connectivity index is 2.15. The third-order valence-corrected chi connectivity index (χ3v) is 4.49. The summed E-state index contributed by atoms with van der Waals surface area (Å²) in [5.74, 6) is -0.0184. The highest BCUT2D eigenvalue weighted by Gasteiger charge is 2.40. The normalized spacial score (nSPS) is 21.2. The highest BCUT2D eigenvalue weighted by atomic mass is 79.9. The summed E-state index contributed by atoms with van der Waals surface area (Å²) >= 11 is 3.16. The van der Waals surface area contributed by atoms with Gasteiger partial charge in [0.1, 0.15) is 0 Å². The molecule has 1 aliphatic rings.